The van der Waals surface area contributed by atoms with Gasteiger partial charge in [0.05, 0.1) is 5.56 Å². The van der Waals surface area contributed by atoms with Gasteiger partial charge in [0.15, 0.2) is 0 Å². The SMILES string of the molecule is CC(NC1CCN(C(=O)OC(C)(C)C)C1)c1cccc(C(F)(F)F)c1. The van der Waals surface area contributed by atoms with Gasteiger partial charge in [0.1, 0.15) is 5.60 Å². The topological polar surface area (TPSA) is 41.6 Å². The zero-order valence-corrected chi connectivity index (χ0v) is 15.0. The quantitative estimate of drug-likeness (QED) is 0.873. The van der Waals surface area contributed by atoms with Crippen molar-refractivity contribution < 1.29 is 22.7 Å². The molecule has 140 valence electrons. The monoisotopic (exact) mass is 358 g/mol. The molecule has 1 aromatic carbocycles. The van der Waals surface area contributed by atoms with E-state index in [0.717, 1.165) is 18.6 Å². The van der Waals surface area contributed by atoms with Crippen molar-refractivity contribution in [2.45, 2.75) is 58.0 Å². The molecule has 0 spiro atoms. The van der Waals surface area contributed by atoms with Crippen molar-refractivity contribution in [2.75, 3.05) is 13.1 Å². The summed E-state index contributed by atoms with van der Waals surface area (Å²) in [5.74, 6) is 0. The molecule has 0 bridgehead atoms. The molecule has 1 aromatic rings. The fourth-order valence-corrected chi connectivity index (χ4v) is 2.82. The largest absolute Gasteiger partial charge is 0.444 e. The van der Waals surface area contributed by atoms with Crippen LogP contribution in [0.3, 0.4) is 0 Å². The number of hydrogen-bond acceptors (Lipinski definition) is 3. The van der Waals surface area contributed by atoms with E-state index in [-0.39, 0.29) is 18.2 Å². The van der Waals surface area contributed by atoms with Gasteiger partial charge in [-0.25, -0.2) is 4.79 Å². The van der Waals surface area contributed by atoms with Crippen LogP contribution in [0.5, 0.6) is 0 Å². The van der Waals surface area contributed by atoms with Crippen molar-refractivity contribution in [3.05, 3.63) is 35.4 Å². The Bertz CT molecular complexity index is 611. The van der Waals surface area contributed by atoms with Gasteiger partial charge in [0.2, 0.25) is 0 Å². The number of halogens is 3. The average molecular weight is 358 g/mol. The van der Waals surface area contributed by atoms with Gasteiger partial charge >= 0.3 is 12.3 Å². The zero-order chi connectivity index (χ0) is 18.8. The molecule has 2 atom stereocenters. The second kappa shape index (κ2) is 7.23. The lowest BCUT2D eigenvalue weighted by Crippen LogP contribution is -2.39. The smallest absolute Gasteiger partial charge is 0.416 e. The van der Waals surface area contributed by atoms with Gasteiger partial charge in [-0.05, 0) is 51.8 Å². The summed E-state index contributed by atoms with van der Waals surface area (Å²) in [6, 6.07) is 5.10. The van der Waals surface area contributed by atoms with Gasteiger partial charge < -0.3 is 15.0 Å². The molecule has 25 heavy (non-hydrogen) atoms. The van der Waals surface area contributed by atoms with Crippen LogP contribution in [0.25, 0.3) is 0 Å². The molecule has 2 unspecified atom stereocenters. The van der Waals surface area contributed by atoms with Gasteiger partial charge in [-0.3, -0.25) is 0 Å². The Kier molecular flexibility index (Phi) is 5.66. The average Bonchev–Trinajstić information content (AvgIpc) is 2.93. The van der Waals surface area contributed by atoms with Crippen LogP contribution in [0.4, 0.5) is 18.0 Å². The number of amides is 1. The van der Waals surface area contributed by atoms with Crippen LogP contribution in [-0.4, -0.2) is 35.7 Å². The number of nitrogens with zero attached hydrogens (tertiary/aromatic N) is 1. The molecule has 1 aliphatic rings. The summed E-state index contributed by atoms with van der Waals surface area (Å²) in [6.45, 7) is 8.32. The first-order chi connectivity index (χ1) is 11.5. The van der Waals surface area contributed by atoms with Crippen LogP contribution in [0, 0.1) is 0 Å². The number of rotatable bonds is 3. The highest BCUT2D eigenvalue weighted by Crippen LogP contribution is 2.31. The van der Waals surface area contributed by atoms with Crippen molar-refractivity contribution in [3.8, 4) is 0 Å². The highest BCUT2D eigenvalue weighted by molar-refractivity contribution is 5.68. The Hall–Kier alpha value is -1.76. The summed E-state index contributed by atoms with van der Waals surface area (Å²) in [5.41, 5.74) is -0.625. The predicted octanol–water partition coefficient (Wildman–Crippen LogP) is 4.37. The van der Waals surface area contributed by atoms with Crippen molar-refractivity contribution in [3.63, 3.8) is 0 Å². The molecule has 0 saturated carbocycles. The molecule has 0 aromatic heterocycles. The zero-order valence-electron chi connectivity index (χ0n) is 15.0. The Morgan fingerprint density at radius 1 is 1.32 bits per heavy atom. The Balaban J connectivity index is 1.94. The number of alkyl halides is 3. The van der Waals surface area contributed by atoms with E-state index in [1.165, 1.54) is 6.07 Å². The number of carbonyl (C=O) groups is 1. The Morgan fingerprint density at radius 3 is 2.60 bits per heavy atom. The number of nitrogens with one attached hydrogen (secondary N) is 1. The Morgan fingerprint density at radius 2 is 2.00 bits per heavy atom. The van der Waals surface area contributed by atoms with Crippen molar-refractivity contribution in [1.82, 2.24) is 10.2 Å². The molecule has 7 heteroatoms. The maximum atomic E-state index is 12.8. The van der Waals surface area contributed by atoms with Crippen LogP contribution >= 0.6 is 0 Å². The molecule has 1 fully saturated rings. The van der Waals surface area contributed by atoms with E-state index >= 15 is 0 Å². The molecular weight excluding hydrogens is 333 g/mol. The maximum absolute atomic E-state index is 12.8. The maximum Gasteiger partial charge on any atom is 0.416 e. The van der Waals surface area contributed by atoms with Gasteiger partial charge in [0.25, 0.3) is 0 Å². The van der Waals surface area contributed by atoms with Gasteiger partial charge in [0, 0.05) is 25.2 Å². The lowest BCUT2D eigenvalue weighted by Gasteiger charge is -2.25. The van der Waals surface area contributed by atoms with Crippen molar-refractivity contribution in [2.24, 2.45) is 0 Å². The van der Waals surface area contributed by atoms with Crippen LogP contribution < -0.4 is 5.32 Å². The number of carbonyl (C=O) groups excluding carboxylic acids is 1. The lowest BCUT2D eigenvalue weighted by atomic mass is 10.0. The predicted molar refractivity (Wildman–Crippen MR) is 89.2 cm³/mol. The summed E-state index contributed by atoms with van der Waals surface area (Å²) in [5, 5.41) is 3.30. The third kappa shape index (κ3) is 5.63. The fraction of sp³-hybridized carbons (Fsp3) is 0.611. The summed E-state index contributed by atoms with van der Waals surface area (Å²) in [4.78, 5) is 13.7. The molecular formula is C18H25F3N2O2. The second-order valence-electron chi connectivity index (χ2n) is 7.42. The van der Waals surface area contributed by atoms with E-state index in [0.29, 0.717) is 18.7 Å². The molecule has 2 rings (SSSR count). The number of likely N-dealkylation sites (tertiary alicyclic amines) is 1. The minimum atomic E-state index is -4.35. The van der Waals surface area contributed by atoms with E-state index in [1.807, 2.05) is 27.7 Å². The van der Waals surface area contributed by atoms with Gasteiger partial charge in [-0.1, -0.05) is 12.1 Å². The molecule has 1 amide bonds. The number of benzene rings is 1. The van der Waals surface area contributed by atoms with Crippen LogP contribution in [0.15, 0.2) is 24.3 Å². The molecule has 0 radical (unpaired) electrons. The summed E-state index contributed by atoms with van der Waals surface area (Å²) >= 11 is 0. The Labute approximate surface area is 146 Å². The summed E-state index contributed by atoms with van der Waals surface area (Å²) in [6.07, 6.45) is -3.97. The van der Waals surface area contributed by atoms with Gasteiger partial charge in [-0.2, -0.15) is 13.2 Å². The number of hydrogen-bond donors (Lipinski definition) is 1. The standard InChI is InChI=1S/C18H25F3N2O2/c1-12(13-6-5-7-14(10-13)18(19,20)21)22-15-8-9-23(11-15)16(24)25-17(2,3)4/h5-7,10,12,15,22H,8-9,11H2,1-4H3. The van der Waals surface area contributed by atoms with Crippen LogP contribution in [0.1, 0.15) is 51.3 Å². The van der Waals surface area contributed by atoms with Crippen LogP contribution in [0.2, 0.25) is 0 Å². The molecule has 4 nitrogen and oxygen atoms in total. The van der Waals surface area contributed by atoms with Crippen molar-refractivity contribution >= 4 is 6.09 Å². The first-order valence-electron chi connectivity index (χ1n) is 8.37. The highest BCUT2D eigenvalue weighted by Gasteiger charge is 2.32. The van der Waals surface area contributed by atoms with E-state index in [9.17, 15) is 18.0 Å². The van der Waals surface area contributed by atoms with Crippen LogP contribution in [-0.2, 0) is 10.9 Å². The fourth-order valence-electron chi connectivity index (χ4n) is 2.82. The molecule has 1 heterocycles. The van der Waals surface area contributed by atoms with E-state index in [2.05, 4.69) is 5.32 Å². The second-order valence-corrected chi connectivity index (χ2v) is 7.42. The lowest BCUT2D eigenvalue weighted by molar-refractivity contribution is -0.137. The normalized spacial score (nSPS) is 19.8. The van der Waals surface area contributed by atoms with Crippen molar-refractivity contribution in [1.29, 1.82) is 0 Å². The number of ether oxygens (including phenoxy) is 1. The first kappa shape index (κ1) is 19.6. The third-order valence-corrected chi connectivity index (χ3v) is 4.04. The van der Waals surface area contributed by atoms with E-state index in [4.69, 9.17) is 4.74 Å². The molecule has 1 N–H and O–H groups in total. The first-order valence-corrected chi connectivity index (χ1v) is 8.37. The summed E-state index contributed by atoms with van der Waals surface area (Å²) in [7, 11) is 0. The third-order valence-electron chi connectivity index (χ3n) is 4.04. The van der Waals surface area contributed by atoms with Gasteiger partial charge in [-0.15, -0.1) is 0 Å². The minimum Gasteiger partial charge on any atom is -0.444 e. The molecule has 1 saturated heterocycles. The van der Waals surface area contributed by atoms with E-state index < -0.39 is 17.3 Å². The van der Waals surface area contributed by atoms with E-state index in [1.54, 1.807) is 11.0 Å². The summed E-state index contributed by atoms with van der Waals surface area (Å²) < 4.78 is 43.8. The highest BCUT2D eigenvalue weighted by atomic mass is 19.4. The minimum absolute atomic E-state index is 0.0251. The molecule has 1 aliphatic heterocycles. The molecule has 0 aliphatic carbocycles.